The number of rotatable bonds is 6. The van der Waals surface area contributed by atoms with E-state index in [9.17, 15) is 9.59 Å². The number of aromatic nitrogens is 3. The first-order chi connectivity index (χ1) is 10.5. The van der Waals surface area contributed by atoms with Crippen molar-refractivity contribution in [1.29, 1.82) is 0 Å². The van der Waals surface area contributed by atoms with Crippen molar-refractivity contribution in [2.45, 2.75) is 25.9 Å². The second kappa shape index (κ2) is 6.83. The summed E-state index contributed by atoms with van der Waals surface area (Å²) in [5, 5.41) is 0.782. The maximum atomic E-state index is 12.5. The minimum absolute atomic E-state index is 0.0326. The van der Waals surface area contributed by atoms with Gasteiger partial charge in [0.1, 0.15) is 5.69 Å². The van der Waals surface area contributed by atoms with Gasteiger partial charge in [-0.05, 0) is 26.3 Å². The topological polar surface area (TPSA) is 77.0 Å². The van der Waals surface area contributed by atoms with Gasteiger partial charge < -0.3 is 14.3 Å². The molecule has 0 spiro atoms. The van der Waals surface area contributed by atoms with Crippen LogP contribution in [-0.4, -0.2) is 38.6 Å². The van der Waals surface area contributed by atoms with E-state index in [1.165, 1.54) is 11.8 Å². The van der Waals surface area contributed by atoms with Gasteiger partial charge in [0.15, 0.2) is 10.9 Å². The second-order valence-corrected chi connectivity index (χ2v) is 5.82. The summed E-state index contributed by atoms with van der Waals surface area (Å²) in [5.41, 5.74) is 2.24. The van der Waals surface area contributed by atoms with Crippen LogP contribution in [0.4, 0.5) is 0 Å². The van der Waals surface area contributed by atoms with E-state index in [0.717, 1.165) is 5.16 Å². The highest BCUT2D eigenvalue weighted by molar-refractivity contribution is 7.99. The van der Waals surface area contributed by atoms with Crippen molar-refractivity contribution in [3.63, 3.8) is 0 Å². The monoisotopic (exact) mass is 321 g/mol. The summed E-state index contributed by atoms with van der Waals surface area (Å²) in [6.07, 6.45) is 3.52. The van der Waals surface area contributed by atoms with Crippen molar-refractivity contribution in [3.8, 4) is 0 Å². The Bertz CT molecular complexity index is 703. The van der Waals surface area contributed by atoms with Crippen molar-refractivity contribution in [2.24, 2.45) is 7.05 Å². The highest BCUT2D eigenvalue weighted by Crippen LogP contribution is 2.23. The Balaban J connectivity index is 2.16. The Morgan fingerprint density at radius 3 is 2.73 bits per heavy atom. The first kappa shape index (κ1) is 16.4. The Morgan fingerprint density at radius 2 is 2.14 bits per heavy atom. The number of thioether (sulfide) groups is 1. The zero-order valence-corrected chi connectivity index (χ0v) is 13.9. The van der Waals surface area contributed by atoms with Crippen LogP contribution >= 0.6 is 11.8 Å². The van der Waals surface area contributed by atoms with Gasteiger partial charge >= 0.3 is 5.97 Å². The number of ketones is 1. The molecule has 1 N–H and O–H groups in total. The number of carbonyl (C=O) groups is 2. The number of esters is 1. The smallest absolute Gasteiger partial charge is 0.355 e. The fourth-order valence-corrected chi connectivity index (χ4v) is 3.07. The SMILES string of the molecule is CCOC(=O)c1[nH]c(C)c(C(=O)CSc2nccn2C)c1C. The Labute approximate surface area is 133 Å². The van der Waals surface area contributed by atoms with E-state index >= 15 is 0 Å². The van der Waals surface area contributed by atoms with Crippen molar-refractivity contribution < 1.29 is 14.3 Å². The number of hydrogen-bond donors (Lipinski definition) is 1. The number of aromatic amines is 1. The van der Waals surface area contributed by atoms with Crippen LogP contribution in [0.2, 0.25) is 0 Å². The molecule has 0 atom stereocenters. The van der Waals surface area contributed by atoms with Gasteiger partial charge in [-0.25, -0.2) is 9.78 Å². The third-order valence-electron chi connectivity index (χ3n) is 3.31. The van der Waals surface area contributed by atoms with Gasteiger partial charge in [-0.3, -0.25) is 4.79 Å². The molecule has 0 amide bonds. The number of H-pyrrole nitrogens is 1. The summed E-state index contributed by atoms with van der Waals surface area (Å²) in [4.78, 5) is 31.4. The van der Waals surface area contributed by atoms with Gasteiger partial charge in [0.05, 0.1) is 12.4 Å². The summed E-state index contributed by atoms with van der Waals surface area (Å²) in [7, 11) is 1.88. The average molecular weight is 321 g/mol. The van der Waals surface area contributed by atoms with Crippen LogP contribution in [0.15, 0.2) is 17.6 Å². The lowest BCUT2D eigenvalue weighted by Crippen LogP contribution is -2.08. The number of ether oxygens (including phenoxy) is 1. The van der Waals surface area contributed by atoms with E-state index in [0.29, 0.717) is 29.1 Å². The van der Waals surface area contributed by atoms with Gasteiger partial charge in [-0.1, -0.05) is 11.8 Å². The van der Waals surface area contributed by atoms with Crippen LogP contribution in [0.3, 0.4) is 0 Å². The normalized spacial score (nSPS) is 10.7. The number of carbonyl (C=O) groups excluding carboxylic acids is 2. The van der Waals surface area contributed by atoms with Gasteiger partial charge in [0, 0.05) is 30.7 Å². The van der Waals surface area contributed by atoms with E-state index in [2.05, 4.69) is 9.97 Å². The van der Waals surface area contributed by atoms with Crippen molar-refractivity contribution in [1.82, 2.24) is 14.5 Å². The third kappa shape index (κ3) is 3.24. The molecule has 2 heterocycles. The van der Waals surface area contributed by atoms with Crippen molar-refractivity contribution >= 4 is 23.5 Å². The summed E-state index contributed by atoms with van der Waals surface area (Å²) >= 11 is 1.37. The largest absolute Gasteiger partial charge is 0.461 e. The van der Waals surface area contributed by atoms with Gasteiger partial charge in [-0.2, -0.15) is 0 Å². The van der Waals surface area contributed by atoms with E-state index < -0.39 is 5.97 Å². The molecule has 7 heteroatoms. The van der Waals surface area contributed by atoms with Crippen molar-refractivity contribution in [3.05, 3.63) is 34.9 Å². The van der Waals surface area contributed by atoms with Gasteiger partial charge in [-0.15, -0.1) is 0 Å². The third-order valence-corrected chi connectivity index (χ3v) is 4.36. The lowest BCUT2D eigenvalue weighted by molar-refractivity contribution is 0.0519. The fourth-order valence-electron chi connectivity index (χ4n) is 2.27. The minimum atomic E-state index is -0.432. The average Bonchev–Trinajstić information content (AvgIpc) is 3.00. The lowest BCUT2D eigenvalue weighted by Gasteiger charge is -2.03. The molecule has 2 aromatic heterocycles. The molecule has 0 fully saturated rings. The molecule has 0 aliphatic carbocycles. The molecular weight excluding hydrogens is 302 g/mol. The first-order valence-corrected chi connectivity index (χ1v) is 7.93. The number of nitrogens with one attached hydrogen (secondary N) is 1. The molecule has 0 bridgehead atoms. The number of nitrogens with zero attached hydrogens (tertiary/aromatic N) is 2. The molecule has 2 aromatic rings. The van der Waals surface area contributed by atoms with Crippen LogP contribution in [0.5, 0.6) is 0 Å². The Hall–Kier alpha value is -2.02. The summed E-state index contributed by atoms with van der Waals surface area (Å²) in [6, 6.07) is 0. The van der Waals surface area contributed by atoms with E-state index in [4.69, 9.17) is 4.74 Å². The second-order valence-electron chi connectivity index (χ2n) is 4.88. The molecule has 6 nitrogen and oxygen atoms in total. The molecule has 0 saturated heterocycles. The summed E-state index contributed by atoms with van der Waals surface area (Å²) in [5.74, 6) is -0.194. The van der Waals surface area contributed by atoms with Crippen LogP contribution in [0, 0.1) is 13.8 Å². The molecule has 0 saturated carbocycles. The summed E-state index contributed by atoms with van der Waals surface area (Å²) in [6.45, 7) is 5.59. The van der Waals surface area contributed by atoms with Crippen LogP contribution < -0.4 is 0 Å². The van der Waals surface area contributed by atoms with Crippen molar-refractivity contribution in [2.75, 3.05) is 12.4 Å². The number of Topliss-reactive ketones (excluding diaryl/α,β-unsaturated/α-hetero) is 1. The fraction of sp³-hybridized carbons (Fsp3) is 0.400. The Morgan fingerprint density at radius 1 is 1.41 bits per heavy atom. The lowest BCUT2D eigenvalue weighted by atomic mass is 10.1. The van der Waals surface area contributed by atoms with Gasteiger partial charge in [0.2, 0.25) is 0 Å². The number of imidazole rings is 1. The zero-order valence-electron chi connectivity index (χ0n) is 13.1. The Kier molecular flexibility index (Phi) is 5.07. The van der Waals surface area contributed by atoms with E-state index in [-0.39, 0.29) is 11.5 Å². The maximum Gasteiger partial charge on any atom is 0.355 e. The minimum Gasteiger partial charge on any atom is -0.461 e. The van der Waals surface area contributed by atoms with Crippen LogP contribution in [-0.2, 0) is 11.8 Å². The molecule has 0 aliphatic rings. The predicted octanol–water partition coefficient (Wildman–Crippen LogP) is 2.52. The van der Waals surface area contributed by atoms with E-state index in [1.54, 1.807) is 27.0 Å². The molecule has 0 unspecified atom stereocenters. The highest BCUT2D eigenvalue weighted by Gasteiger charge is 2.22. The molecule has 0 aromatic carbocycles. The quantitative estimate of drug-likeness (QED) is 0.502. The number of hydrogen-bond acceptors (Lipinski definition) is 5. The molecule has 0 radical (unpaired) electrons. The van der Waals surface area contributed by atoms with Crippen LogP contribution in [0.1, 0.15) is 39.0 Å². The molecule has 118 valence electrons. The van der Waals surface area contributed by atoms with E-state index in [1.807, 2.05) is 17.8 Å². The molecule has 0 aliphatic heterocycles. The maximum absolute atomic E-state index is 12.5. The summed E-state index contributed by atoms with van der Waals surface area (Å²) < 4.78 is 6.85. The molecule has 22 heavy (non-hydrogen) atoms. The molecular formula is C15H19N3O3S. The first-order valence-electron chi connectivity index (χ1n) is 6.95. The van der Waals surface area contributed by atoms with Gasteiger partial charge in [0.25, 0.3) is 0 Å². The standard InChI is InChI=1S/C15H19N3O3S/c1-5-21-14(20)13-9(2)12(10(3)17-13)11(19)8-22-15-16-6-7-18(15)4/h6-7,17H,5,8H2,1-4H3. The van der Waals surface area contributed by atoms with Crippen LogP contribution in [0.25, 0.3) is 0 Å². The molecule has 2 rings (SSSR count). The highest BCUT2D eigenvalue weighted by atomic mass is 32.2. The number of aryl methyl sites for hydroxylation is 2. The predicted molar refractivity (Wildman–Crippen MR) is 84.5 cm³/mol. The zero-order chi connectivity index (χ0) is 16.3.